The van der Waals surface area contributed by atoms with Crippen molar-refractivity contribution in [1.82, 2.24) is 4.90 Å². The van der Waals surface area contributed by atoms with Crippen LogP contribution in [0, 0.1) is 0 Å². The van der Waals surface area contributed by atoms with E-state index < -0.39 is 11.8 Å². The molecule has 7 heteroatoms. The summed E-state index contributed by atoms with van der Waals surface area (Å²) in [5.41, 5.74) is 0.788. The van der Waals surface area contributed by atoms with Crippen molar-refractivity contribution in [2.75, 3.05) is 6.54 Å². The molecule has 0 saturated carbocycles. The van der Waals surface area contributed by atoms with E-state index in [9.17, 15) is 9.59 Å². The van der Waals surface area contributed by atoms with Crippen LogP contribution in [0.25, 0.3) is 0 Å². The molecule has 0 fully saturated rings. The number of hydrogen-bond donors (Lipinski definition) is 0. The summed E-state index contributed by atoms with van der Waals surface area (Å²) in [6, 6.07) is 5.07. The zero-order chi connectivity index (χ0) is 15.0. The summed E-state index contributed by atoms with van der Waals surface area (Å²) < 4.78 is 0. The maximum absolute atomic E-state index is 11.8. The Morgan fingerprint density at radius 2 is 1.60 bits per heavy atom. The van der Waals surface area contributed by atoms with Gasteiger partial charge >= 0.3 is 0 Å². The molecule has 0 N–H and O–H groups in total. The topological polar surface area (TPSA) is 37.4 Å². The Hall–Kier alpha value is -0.740. The van der Waals surface area contributed by atoms with Crippen molar-refractivity contribution in [3.05, 3.63) is 43.9 Å². The number of amides is 2. The SMILES string of the molecule is CC(CN1C(=O)C(Cl)=C(Cl)C1=O)c1ccc(Cl)cc1Cl. The molecule has 1 aromatic carbocycles. The van der Waals surface area contributed by atoms with Crippen molar-refractivity contribution in [2.24, 2.45) is 0 Å². The Morgan fingerprint density at radius 3 is 2.10 bits per heavy atom. The van der Waals surface area contributed by atoms with E-state index >= 15 is 0 Å². The summed E-state index contributed by atoms with van der Waals surface area (Å²) in [5.74, 6) is -1.34. The van der Waals surface area contributed by atoms with Crippen molar-refractivity contribution in [3.63, 3.8) is 0 Å². The zero-order valence-electron chi connectivity index (χ0n) is 10.3. The van der Waals surface area contributed by atoms with Crippen molar-refractivity contribution in [1.29, 1.82) is 0 Å². The van der Waals surface area contributed by atoms with Crippen molar-refractivity contribution in [3.8, 4) is 0 Å². The maximum Gasteiger partial charge on any atom is 0.274 e. The van der Waals surface area contributed by atoms with Gasteiger partial charge in [-0.25, -0.2) is 0 Å². The fourth-order valence-electron chi connectivity index (χ4n) is 1.96. The molecule has 1 atom stereocenters. The summed E-state index contributed by atoms with van der Waals surface area (Å²) in [7, 11) is 0. The van der Waals surface area contributed by atoms with E-state index in [0.717, 1.165) is 10.5 Å². The van der Waals surface area contributed by atoms with E-state index in [1.165, 1.54) is 0 Å². The summed E-state index contributed by atoms with van der Waals surface area (Å²) in [5, 5.41) is 0.512. The number of imide groups is 1. The molecule has 0 saturated heterocycles. The molecule has 2 rings (SSSR count). The van der Waals surface area contributed by atoms with Gasteiger partial charge in [0.15, 0.2) is 0 Å². The Bertz CT molecular complexity index is 603. The van der Waals surface area contributed by atoms with E-state index in [0.29, 0.717) is 10.0 Å². The summed E-state index contributed by atoms with van der Waals surface area (Å²) >= 11 is 23.3. The average Bonchev–Trinajstić information content (AvgIpc) is 2.56. The third kappa shape index (κ3) is 2.82. The van der Waals surface area contributed by atoms with Crippen LogP contribution in [0.3, 0.4) is 0 Å². The molecule has 0 bridgehead atoms. The van der Waals surface area contributed by atoms with Crippen LogP contribution in [0.15, 0.2) is 28.3 Å². The van der Waals surface area contributed by atoms with Crippen LogP contribution in [0.2, 0.25) is 10.0 Å². The monoisotopic (exact) mass is 351 g/mol. The predicted octanol–water partition coefficient (Wildman–Crippen LogP) is 4.15. The Labute approximate surface area is 136 Å². The van der Waals surface area contributed by atoms with Crippen LogP contribution >= 0.6 is 46.4 Å². The molecule has 2 amide bonds. The van der Waals surface area contributed by atoms with E-state index in [1.807, 2.05) is 6.92 Å². The molecule has 1 aromatic rings. The number of carbonyl (C=O) groups is 2. The van der Waals surface area contributed by atoms with E-state index in [2.05, 4.69) is 0 Å². The highest BCUT2D eigenvalue weighted by Crippen LogP contribution is 2.31. The highest BCUT2D eigenvalue weighted by atomic mass is 35.5. The highest BCUT2D eigenvalue weighted by Gasteiger charge is 2.37. The van der Waals surface area contributed by atoms with Gasteiger partial charge in [-0.2, -0.15) is 0 Å². The number of nitrogens with zero attached hydrogens (tertiary/aromatic N) is 1. The predicted molar refractivity (Wildman–Crippen MR) is 80.3 cm³/mol. The van der Waals surface area contributed by atoms with Gasteiger partial charge in [-0.05, 0) is 17.7 Å². The smallest absolute Gasteiger partial charge is 0.272 e. The highest BCUT2D eigenvalue weighted by molar-refractivity contribution is 6.58. The molecule has 0 aliphatic carbocycles. The van der Waals surface area contributed by atoms with Crippen LogP contribution < -0.4 is 0 Å². The quantitative estimate of drug-likeness (QED) is 0.766. The summed E-state index contributed by atoms with van der Waals surface area (Å²) in [6.07, 6.45) is 0. The third-order valence-electron chi connectivity index (χ3n) is 3.01. The molecule has 1 unspecified atom stereocenters. The Morgan fingerprint density at radius 1 is 1.05 bits per heavy atom. The summed E-state index contributed by atoms with van der Waals surface area (Å²) in [6.45, 7) is 1.99. The summed E-state index contributed by atoms with van der Waals surface area (Å²) in [4.78, 5) is 24.6. The average molecular weight is 353 g/mol. The second kappa shape index (κ2) is 5.94. The maximum atomic E-state index is 11.8. The van der Waals surface area contributed by atoms with Gasteiger partial charge in [0, 0.05) is 22.5 Å². The van der Waals surface area contributed by atoms with Crippen LogP contribution in [0.5, 0.6) is 0 Å². The van der Waals surface area contributed by atoms with Crippen molar-refractivity contribution >= 4 is 58.2 Å². The Balaban J connectivity index is 2.19. The first-order valence-electron chi connectivity index (χ1n) is 5.69. The van der Waals surface area contributed by atoms with Gasteiger partial charge in [0.05, 0.1) is 0 Å². The van der Waals surface area contributed by atoms with E-state index in [1.54, 1.807) is 18.2 Å². The van der Waals surface area contributed by atoms with Crippen LogP contribution in [0.1, 0.15) is 18.4 Å². The van der Waals surface area contributed by atoms with Gasteiger partial charge in [-0.1, -0.05) is 59.4 Å². The minimum absolute atomic E-state index is 0.144. The number of rotatable bonds is 3. The fraction of sp³-hybridized carbons (Fsp3) is 0.231. The fourth-order valence-corrected chi connectivity index (χ4v) is 2.92. The molecule has 0 aromatic heterocycles. The van der Waals surface area contributed by atoms with Crippen LogP contribution in [-0.4, -0.2) is 23.3 Å². The lowest BCUT2D eigenvalue weighted by molar-refractivity contribution is -0.137. The number of benzene rings is 1. The molecule has 106 valence electrons. The first-order valence-corrected chi connectivity index (χ1v) is 7.20. The standard InChI is InChI=1S/C13H9Cl4NO2/c1-6(8-3-2-7(14)4-9(8)15)5-18-12(19)10(16)11(17)13(18)20/h2-4,6H,5H2,1H3. The molecule has 0 radical (unpaired) electrons. The van der Waals surface area contributed by atoms with Gasteiger partial charge in [0.25, 0.3) is 11.8 Å². The van der Waals surface area contributed by atoms with Crippen LogP contribution in [0.4, 0.5) is 0 Å². The van der Waals surface area contributed by atoms with Gasteiger partial charge in [-0.15, -0.1) is 0 Å². The zero-order valence-corrected chi connectivity index (χ0v) is 13.3. The first kappa shape index (κ1) is 15.6. The minimum Gasteiger partial charge on any atom is -0.272 e. The molecule has 3 nitrogen and oxygen atoms in total. The Kier molecular flexibility index (Phi) is 4.65. The number of hydrogen-bond acceptors (Lipinski definition) is 2. The van der Waals surface area contributed by atoms with Crippen LogP contribution in [-0.2, 0) is 9.59 Å². The number of carbonyl (C=O) groups excluding carboxylic acids is 2. The number of halogens is 4. The second-order valence-electron chi connectivity index (χ2n) is 4.42. The third-order valence-corrected chi connectivity index (χ3v) is 4.37. The van der Waals surface area contributed by atoms with Gasteiger partial charge in [0.2, 0.25) is 0 Å². The second-order valence-corrected chi connectivity index (χ2v) is 6.02. The lowest BCUT2D eigenvalue weighted by Crippen LogP contribution is -2.34. The van der Waals surface area contributed by atoms with E-state index in [4.69, 9.17) is 46.4 Å². The van der Waals surface area contributed by atoms with E-state index in [-0.39, 0.29) is 22.5 Å². The lowest BCUT2D eigenvalue weighted by Gasteiger charge is -2.20. The molecule has 1 aliphatic rings. The normalized spacial score (nSPS) is 17.1. The van der Waals surface area contributed by atoms with Crippen molar-refractivity contribution < 1.29 is 9.59 Å². The molecular formula is C13H9Cl4NO2. The molecule has 0 spiro atoms. The molecule has 1 heterocycles. The van der Waals surface area contributed by atoms with Crippen molar-refractivity contribution in [2.45, 2.75) is 12.8 Å². The van der Waals surface area contributed by atoms with Gasteiger partial charge in [-0.3, -0.25) is 14.5 Å². The molecule has 1 aliphatic heterocycles. The van der Waals surface area contributed by atoms with Gasteiger partial charge < -0.3 is 0 Å². The minimum atomic E-state index is -0.585. The van der Waals surface area contributed by atoms with Gasteiger partial charge in [0.1, 0.15) is 10.1 Å². The lowest BCUT2D eigenvalue weighted by atomic mass is 10.0. The first-order chi connectivity index (χ1) is 9.32. The largest absolute Gasteiger partial charge is 0.274 e. The molecular weight excluding hydrogens is 344 g/mol. The molecule has 20 heavy (non-hydrogen) atoms.